The second kappa shape index (κ2) is 13.2. The lowest BCUT2D eigenvalue weighted by Gasteiger charge is -2.32. The summed E-state index contributed by atoms with van der Waals surface area (Å²) in [5.74, 6) is 0. The number of para-hydroxylation sites is 1. The van der Waals surface area contributed by atoms with E-state index in [0.717, 1.165) is 30.2 Å². The minimum absolute atomic E-state index is 0.245. The average molecular weight is 442 g/mol. The van der Waals surface area contributed by atoms with E-state index in [1.807, 2.05) is 30.3 Å². The van der Waals surface area contributed by atoms with Crippen molar-refractivity contribution in [1.29, 1.82) is 0 Å². The van der Waals surface area contributed by atoms with Gasteiger partial charge in [-0.15, -0.1) is 0 Å². The molecule has 0 fully saturated rings. The molecular formula is C21H39NO5Si2. The minimum Gasteiger partial charge on any atom is -0.503 e. The van der Waals surface area contributed by atoms with Crippen LogP contribution in [0.1, 0.15) is 40.5 Å². The van der Waals surface area contributed by atoms with E-state index in [0.29, 0.717) is 25.6 Å². The number of carbonyl (C=O) groups is 1. The molecule has 1 rings (SSSR count). The highest BCUT2D eigenvalue weighted by Gasteiger charge is 2.39. The van der Waals surface area contributed by atoms with Crippen LogP contribution in [-0.4, -0.2) is 50.6 Å². The molecule has 0 bridgehead atoms. The van der Waals surface area contributed by atoms with Gasteiger partial charge in [-0.25, -0.2) is 4.79 Å². The van der Waals surface area contributed by atoms with Gasteiger partial charge in [-0.1, -0.05) is 45.9 Å². The lowest BCUT2D eigenvalue weighted by molar-refractivity contribution is 0.0978. The van der Waals surface area contributed by atoms with E-state index in [9.17, 15) is 4.79 Å². The first-order chi connectivity index (χ1) is 13.9. The largest absolute Gasteiger partial charge is 0.503 e. The number of rotatable bonds is 14. The molecule has 0 aliphatic rings. The van der Waals surface area contributed by atoms with Crippen molar-refractivity contribution in [3.8, 4) is 0 Å². The molecule has 0 saturated carbocycles. The third kappa shape index (κ3) is 7.53. The maximum absolute atomic E-state index is 13.2. The number of amides is 1. The topological polar surface area (TPSA) is 57.2 Å². The Bertz CT molecular complexity index is 571. The summed E-state index contributed by atoms with van der Waals surface area (Å²) >= 11 is 0. The highest BCUT2D eigenvalue weighted by molar-refractivity contribution is 6.75. The fraction of sp³-hybridized carbons (Fsp3) is 0.667. The fourth-order valence-electron chi connectivity index (χ4n) is 3.33. The van der Waals surface area contributed by atoms with Crippen molar-refractivity contribution < 1.29 is 22.5 Å². The number of carbonyl (C=O) groups excluding carboxylic acids is 1. The SMILES string of the molecule is CCCO[Si](CCCN(C(=O)O[Si](CC)(CC)CC)c1ccccc1)(OC)OC. The van der Waals surface area contributed by atoms with Crippen LogP contribution in [-0.2, 0) is 17.7 Å². The first kappa shape index (κ1) is 25.8. The van der Waals surface area contributed by atoms with Crippen molar-refractivity contribution in [3.63, 3.8) is 0 Å². The summed E-state index contributed by atoms with van der Waals surface area (Å²) in [4.78, 5) is 14.9. The Kier molecular flexibility index (Phi) is 11.7. The summed E-state index contributed by atoms with van der Waals surface area (Å²) < 4.78 is 23.3. The van der Waals surface area contributed by atoms with E-state index in [1.165, 1.54) is 0 Å². The molecular weight excluding hydrogens is 402 g/mol. The van der Waals surface area contributed by atoms with Crippen LogP contribution in [0, 0.1) is 0 Å². The predicted octanol–water partition coefficient (Wildman–Crippen LogP) is 5.68. The Morgan fingerprint density at radius 1 is 0.966 bits per heavy atom. The normalized spacial score (nSPS) is 12.1. The monoisotopic (exact) mass is 441 g/mol. The van der Waals surface area contributed by atoms with Crippen molar-refractivity contribution in [2.45, 2.75) is 64.7 Å². The van der Waals surface area contributed by atoms with E-state index < -0.39 is 17.1 Å². The molecule has 0 N–H and O–H groups in total. The van der Waals surface area contributed by atoms with Crippen LogP contribution in [0.3, 0.4) is 0 Å². The molecule has 8 heteroatoms. The molecule has 0 unspecified atom stereocenters. The van der Waals surface area contributed by atoms with E-state index >= 15 is 0 Å². The van der Waals surface area contributed by atoms with Crippen molar-refractivity contribution in [1.82, 2.24) is 0 Å². The summed E-state index contributed by atoms with van der Waals surface area (Å²) in [5, 5.41) is 0. The first-order valence-electron chi connectivity index (χ1n) is 10.7. The Morgan fingerprint density at radius 3 is 2.03 bits per heavy atom. The third-order valence-electron chi connectivity index (χ3n) is 5.54. The zero-order valence-electron chi connectivity index (χ0n) is 19.0. The second-order valence-corrected chi connectivity index (χ2v) is 14.8. The van der Waals surface area contributed by atoms with Gasteiger partial charge in [0, 0.05) is 39.1 Å². The summed E-state index contributed by atoms with van der Waals surface area (Å²) in [6.07, 6.45) is 1.37. The van der Waals surface area contributed by atoms with Crippen molar-refractivity contribution >= 4 is 28.9 Å². The third-order valence-corrected chi connectivity index (χ3v) is 12.9. The van der Waals surface area contributed by atoms with E-state index in [2.05, 4.69) is 27.7 Å². The number of nitrogens with zero attached hydrogens (tertiary/aromatic N) is 1. The van der Waals surface area contributed by atoms with E-state index in [4.69, 9.17) is 17.7 Å². The molecule has 1 aromatic carbocycles. The van der Waals surface area contributed by atoms with Gasteiger partial charge in [0.25, 0.3) is 8.32 Å². The number of anilines is 1. The lowest BCUT2D eigenvalue weighted by Crippen LogP contribution is -2.46. The van der Waals surface area contributed by atoms with Gasteiger partial charge in [0.2, 0.25) is 0 Å². The van der Waals surface area contributed by atoms with E-state index in [1.54, 1.807) is 19.1 Å². The number of hydrogen-bond donors (Lipinski definition) is 0. The molecule has 1 amide bonds. The van der Waals surface area contributed by atoms with Gasteiger partial charge in [-0.05, 0) is 43.1 Å². The Hall–Kier alpha value is -1.20. The van der Waals surface area contributed by atoms with Crippen molar-refractivity contribution in [2.75, 3.05) is 32.3 Å². The molecule has 1 aromatic rings. The minimum atomic E-state index is -2.70. The maximum Gasteiger partial charge on any atom is 0.500 e. The highest BCUT2D eigenvalue weighted by atomic mass is 28.4. The Labute approximate surface area is 179 Å². The van der Waals surface area contributed by atoms with Crippen LogP contribution in [0.15, 0.2) is 30.3 Å². The molecule has 0 aromatic heterocycles. The smallest absolute Gasteiger partial charge is 0.500 e. The zero-order chi connectivity index (χ0) is 21.8. The number of benzene rings is 1. The molecule has 0 atom stereocenters. The van der Waals surface area contributed by atoms with E-state index in [-0.39, 0.29) is 6.09 Å². The van der Waals surface area contributed by atoms with Gasteiger partial charge < -0.3 is 17.7 Å². The zero-order valence-corrected chi connectivity index (χ0v) is 21.0. The molecule has 0 aliphatic heterocycles. The van der Waals surface area contributed by atoms with Crippen LogP contribution in [0.2, 0.25) is 24.2 Å². The second-order valence-electron chi connectivity index (χ2n) is 7.14. The van der Waals surface area contributed by atoms with Crippen LogP contribution < -0.4 is 4.90 Å². The van der Waals surface area contributed by atoms with Crippen molar-refractivity contribution in [2.24, 2.45) is 0 Å². The van der Waals surface area contributed by atoms with Gasteiger partial charge in [-0.3, -0.25) is 4.90 Å². The van der Waals surface area contributed by atoms with Crippen LogP contribution >= 0.6 is 0 Å². The van der Waals surface area contributed by atoms with Crippen molar-refractivity contribution in [3.05, 3.63) is 30.3 Å². The summed E-state index contributed by atoms with van der Waals surface area (Å²) in [6.45, 7) is 9.57. The van der Waals surface area contributed by atoms with Gasteiger partial charge in [-0.2, -0.15) is 0 Å². The highest BCUT2D eigenvalue weighted by Crippen LogP contribution is 2.25. The molecule has 29 heavy (non-hydrogen) atoms. The number of hydrogen-bond acceptors (Lipinski definition) is 5. The molecule has 0 radical (unpaired) electrons. The molecule has 0 aliphatic carbocycles. The maximum atomic E-state index is 13.2. The first-order valence-corrected chi connectivity index (χ1v) is 15.2. The predicted molar refractivity (Wildman–Crippen MR) is 123 cm³/mol. The van der Waals surface area contributed by atoms with Crippen LogP contribution in [0.5, 0.6) is 0 Å². The standard InChI is InChI=1S/C21H39NO5Si2/c1-7-18-26-29(24-5,25-6)19-14-17-22(20-15-12-11-13-16-20)21(23)27-28(8-2,9-3)10-4/h11-13,15-16H,7-10,14,17-19H2,1-6H3. The summed E-state index contributed by atoms with van der Waals surface area (Å²) in [6, 6.07) is 13.2. The fourth-order valence-corrected chi connectivity index (χ4v) is 7.80. The van der Waals surface area contributed by atoms with Gasteiger partial charge in [0.05, 0.1) is 0 Å². The quantitative estimate of drug-likeness (QED) is 0.347. The summed E-state index contributed by atoms with van der Waals surface area (Å²) in [5.41, 5.74) is 0.847. The molecule has 0 saturated heterocycles. The molecule has 0 heterocycles. The lowest BCUT2D eigenvalue weighted by atomic mass is 10.3. The van der Waals surface area contributed by atoms with Crippen LogP contribution in [0.25, 0.3) is 0 Å². The van der Waals surface area contributed by atoms with Gasteiger partial charge in [0.1, 0.15) is 0 Å². The van der Waals surface area contributed by atoms with Gasteiger partial charge >= 0.3 is 14.9 Å². The molecule has 6 nitrogen and oxygen atoms in total. The van der Waals surface area contributed by atoms with Gasteiger partial charge in [0.15, 0.2) is 0 Å². The molecule has 0 spiro atoms. The van der Waals surface area contributed by atoms with Crippen LogP contribution in [0.4, 0.5) is 10.5 Å². The Balaban J connectivity index is 2.93. The Morgan fingerprint density at radius 2 is 1.55 bits per heavy atom. The average Bonchev–Trinajstić information content (AvgIpc) is 2.78. The molecule has 166 valence electrons. The summed E-state index contributed by atoms with van der Waals surface area (Å²) in [7, 11) is -1.47.